The molecule has 0 aliphatic heterocycles. The van der Waals surface area contributed by atoms with Crippen LogP contribution in [0.3, 0.4) is 0 Å². The Bertz CT molecular complexity index is 601. The molecule has 2 aromatic carbocycles. The lowest BCUT2D eigenvalue weighted by Gasteiger charge is -2.06. The van der Waals surface area contributed by atoms with Crippen molar-refractivity contribution in [1.29, 1.82) is 0 Å². The Morgan fingerprint density at radius 3 is 2.35 bits per heavy atom. The van der Waals surface area contributed by atoms with E-state index in [9.17, 15) is 4.79 Å². The first-order chi connectivity index (χ1) is 9.63. The minimum atomic E-state index is -0.958. The predicted molar refractivity (Wildman–Crippen MR) is 78.9 cm³/mol. The second kappa shape index (κ2) is 6.78. The molecule has 2 rings (SSSR count). The number of aliphatic carboxylic acids is 1. The summed E-state index contributed by atoms with van der Waals surface area (Å²) >= 11 is 5.79. The number of carboxylic acids is 1. The van der Waals surface area contributed by atoms with Crippen LogP contribution in [0.5, 0.6) is 5.75 Å². The van der Waals surface area contributed by atoms with E-state index in [0.717, 1.165) is 23.0 Å². The molecule has 4 heteroatoms. The van der Waals surface area contributed by atoms with Crippen molar-refractivity contribution in [3.63, 3.8) is 0 Å². The number of halogens is 1. The van der Waals surface area contributed by atoms with Crippen LogP contribution in [-0.4, -0.2) is 11.1 Å². The van der Waals surface area contributed by atoms with Gasteiger partial charge in [0.1, 0.15) is 12.4 Å². The van der Waals surface area contributed by atoms with Crippen molar-refractivity contribution in [3.05, 3.63) is 70.8 Å². The highest BCUT2D eigenvalue weighted by Gasteiger charge is 1.97. The fourth-order valence-corrected chi connectivity index (χ4v) is 1.72. The van der Waals surface area contributed by atoms with Crippen molar-refractivity contribution in [2.45, 2.75) is 6.61 Å². The Morgan fingerprint density at radius 2 is 1.75 bits per heavy atom. The molecule has 2 aromatic rings. The summed E-state index contributed by atoms with van der Waals surface area (Å²) in [5.41, 5.74) is 1.84. The number of ether oxygens (including phenoxy) is 1. The summed E-state index contributed by atoms with van der Waals surface area (Å²) in [6.07, 6.45) is 2.66. The van der Waals surface area contributed by atoms with Crippen LogP contribution < -0.4 is 4.74 Å². The zero-order valence-electron chi connectivity index (χ0n) is 10.6. The van der Waals surface area contributed by atoms with Gasteiger partial charge >= 0.3 is 5.97 Å². The lowest BCUT2D eigenvalue weighted by atomic mass is 10.1. The summed E-state index contributed by atoms with van der Waals surface area (Å²) in [6, 6.07) is 14.7. The average Bonchev–Trinajstić information content (AvgIpc) is 2.45. The molecule has 0 fully saturated rings. The molecular formula is C16H13ClO3. The van der Waals surface area contributed by atoms with E-state index in [1.54, 1.807) is 18.2 Å². The standard InChI is InChI=1S/C16H13ClO3/c17-14-6-8-15(9-7-14)20-11-13-3-1-12(2-4-13)5-10-16(18)19/h1-10H,11H2,(H,18,19). The smallest absolute Gasteiger partial charge is 0.328 e. The fourth-order valence-electron chi connectivity index (χ4n) is 1.59. The summed E-state index contributed by atoms with van der Waals surface area (Å²) in [5, 5.41) is 9.22. The molecular weight excluding hydrogens is 276 g/mol. The van der Waals surface area contributed by atoms with Gasteiger partial charge in [0.15, 0.2) is 0 Å². The van der Waals surface area contributed by atoms with Gasteiger partial charge in [-0.05, 0) is 41.5 Å². The lowest BCUT2D eigenvalue weighted by Crippen LogP contribution is -1.95. The Kier molecular flexibility index (Phi) is 4.80. The van der Waals surface area contributed by atoms with Crippen LogP contribution in [0.25, 0.3) is 6.08 Å². The van der Waals surface area contributed by atoms with Crippen molar-refractivity contribution in [1.82, 2.24) is 0 Å². The number of carbonyl (C=O) groups is 1. The van der Waals surface area contributed by atoms with Crippen LogP contribution in [0.15, 0.2) is 54.6 Å². The molecule has 0 spiro atoms. The topological polar surface area (TPSA) is 46.5 Å². The third-order valence-corrected chi connectivity index (χ3v) is 2.87. The van der Waals surface area contributed by atoms with E-state index in [4.69, 9.17) is 21.4 Å². The number of benzene rings is 2. The van der Waals surface area contributed by atoms with E-state index in [-0.39, 0.29) is 0 Å². The minimum absolute atomic E-state index is 0.449. The summed E-state index contributed by atoms with van der Waals surface area (Å²) in [7, 11) is 0. The molecule has 0 aromatic heterocycles. The van der Waals surface area contributed by atoms with Crippen LogP contribution in [0.4, 0.5) is 0 Å². The molecule has 0 aliphatic rings. The summed E-state index contributed by atoms with van der Waals surface area (Å²) < 4.78 is 5.61. The molecule has 102 valence electrons. The third-order valence-electron chi connectivity index (χ3n) is 2.62. The van der Waals surface area contributed by atoms with Gasteiger partial charge in [-0.3, -0.25) is 0 Å². The van der Waals surface area contributed by atoms with Gasteiger partial charge in [-0.2, -0.15) is 0 Å². The molecule has 0 radical (unpaired) electrons. The highest BCUT2D eigenvalue weighted by Crippen LogP contribution is 2.17. The molecule has 0 heterocycles. The van der Waals surface area contributed by atoms with E-state index in [1.807, 2.05) is 36.4 Å². The Hall–Kier alpha value is -2.26. The number of rotatable bonds is 5. The zero-order valence-corrected chi connectivity index (χ0v) is 11.4. The molecule has 3 nitrogen and oxygen atoms in total. The maximum absolute atomic E-state index is 10.4. The molecule has 0 aliphatic carbocycles. The van der Waals surface area contributed by atoms with E-state index in [2.05, 4.69) is 0 Å². The molecule has 0 saturated carbocycles. The van der Waals surface area contributed by atoms with Gasteiger partial charge in [0.25, 0.3) is 0 Å². The predicted octanol–water partition coefficient (Wildman–Crippen LogP) is 4.02. The second-order valence-corrected chi connectivity index (χ2v) is 4.59. The van der Waals surface area contributed by atoms with Gasteiger partial charge in [0, 0.05) is 11.1 Å². The minimum Gasteiger partial charge on any atom is -0.489 e. The van der Waals surface area contributed by atoms with Gasteiger partial charge in [-0.25, -0.2) is 4.79 Å². The van der Waals surface area contributed by atoms with Crippen molar-refractivity contribution in [3.8, 4) is 5.75 Å². The van der Waals surface area contributed by atoms with E-state index >= 15 is 0 Å². The Morgan fingerprint density at radius 1 is 1.10 bits per heavy atom. The molecule has 0 saturated heterocycles. The third kappa shape index (κ3) is 4.44. The zero-order chi connectivity index (χ0) is 14.4. The molecule has 0 amide bonds. The number of hydrogen-bond acceptors (Lipinski definition) is 2. The fraction of sp³-hybridized carbons (Fsp3) is 0.0625. The van der Waals surface area contributed by atoms with Crippen molar-refractivity contribution in [2.75, 3.05) is 0 Å². The molecule has 0 atom stereocenters. The van der Waals surface area contributed by atoms with Crippen LogP contribution in [0.1, 0.15) is 11.1 Å². The average molecular weight is 289 g/mol. The van der Waals surface area contributed by atoms with Gasteiger partial charge in [-0.1, -0.05) is 35.9 Å². The normalized spacial score (nSPS) is 10.7. The van der Waals surface area contributed by atoms with Crippen molar-refractivity contribution < 1.29 is 14.6 Å². The van der Waals surface area contributed by atoms with Crippen molar-refractivity contribution >= 4 is 23.6 Å². The lowest BCUT2D eigenvalue weighted by molar-refractivity contribution is -0.131. The van der Waals surface area contributed by atoms with Gasteiger partial charge in [-0.15, -0.1) is 0 Å². The largest absolute Gasteiger partial charge is 0.489 e. The SMILES string of the molecule is O=C(O)C=Cc1ccc(COc2ccc(Cl)cc2)cc1. The molecule has 0 unspecified atom stereocenters. The van der Waals surface area contributed by atoms with Crippen molar-refractivity contribution in [2.24, 2.45) is 0 Å². The molecule has 1 N–H and O–H groups in total. The van der Waals surface area contributed by atoms with Crippen LogP contribution in [-0.2, 0) is 11.4 Å². The number of hydrogen-bond donors (Lipinski definition) is 1. The summed E-state index contributed by atoms with van der Waals surface area (Å²) in [4.78, 5) is 10.4. The first-order valence-corrected chi connectivity index (χ1v) is 6.39. The molecule has 20 heavy (non-hydrogen) atoms. The summed E-state index contributed by atoms with van der Waals surface area (Å²) in [6.45, 7) is 0.449. The Labute approximate surface area is 122 Å². The quantitative estimate of drug-likeness (QED) is 0.845. The van der Waals surface area contributed by atoms with Gasteiger partial charge < -0.3 is 9.84 Å². The maximum atomic E-state index is 10.4. The first kappa shape index (κ1) is 14.2. The van der Waals surface area contributed by atoms with E-state index in [1.165, 1.54) is 0 Å². The maximum Gasteiger partial charge on any atom is 0.328 e. The highest BCUT2D eigenvalue weighted by molar-refractivity contribution is 6.30. The second-order valence-electron chi connectivity index (χ2n) is 4.16. The Balaban J connectivity index is 1.93. The van der Waals surface area contributed by atoms with Gasteiger partial charge in [0.2, 0.25) is 0 Å². The van der Waals surface area contributed by atoms with E-state index in [0.29, 0.717) is 11.6 Å². The van der Waals surface area contributed by atoms with Crippen LogP contribution >= 0.6 is 11.6 Å². The van der Waals surface area contributed by atoms with E-state index < -0.39 is 5.97 Å². The first-order valence-electron chi connectivity index (χ1n) is 6.02. The van der Waals surface area contributed by atoms with Crippen LogP contribution in [0.2, 0.25) is 5.02 Å². The monoisotopic (exact) mass is 288 g/mol. The molecule has 0 bridgehead atoms. The highest BCUT2D eigenvalue weighted by atomic mass is 35.5. The summed E-state index contributed by atoms with van der Waals surface area (Å²) in [5.74, 6) is -0.204. The number of carboxylic acid groups (broad SMARTS) is 1. The van der Waals surface area contributed by atoms with Gasteiger partial charge in [0.05, 0.1) is 0 Å². The van der Waals surface area contributed by atoms with Crippen LogP contribution in [0, 0.1) is 0 Å².